The highest BCUT2D eigenvalue weighted by Crippen LogP contribution is 2.18. The van der Waals surface area contributed by atoms with Crippen molar-refractivity contribution in [3.05, 3.63) is 12.2 Å². The molecule has 0 saturated heterocycles. The number of rotatable bonds is 4. The second-order valence-electron chi connectivity index (χ2n) is 4.45. The Balaban J connectivity index is 1.47. The molecule has 1 aliphatic heterocycles. The van der Waals surface area contributed by atoms with E-state index in [9.17, 15) is 0 Å². The van der Waals surface area contributed by atoms with Gasteiger partial charge in [-0.2, -0.15) is 0 Å². The van der Waals surface area contributed by atoms with Crippen LogP contribution in [0.5, 0.6) is 0 Å². The predicted molar refractivity (Wildman–Crippen MR) is 56.3 cm³/mol. The first-order valence-corrected chi connectivity index (χ1v) is 5.74. The second kappa shape index (κ2) is 3.90. The maximum absolute atomic E-state index is 4.11. The summed E-state index contributed by atoms with van der Waals surface area (Å²) in [4.78, 5) is 2.44. The van der Waals surface area contributed by atoms with E-state index in [0.717, 1.165) is 44.6 Å². The Kier molecular flexibility index (Phi) is 2.42. The maximum Gasteiger partial charge on any atom is 0.147 e. The summed E-state index contributed by atoms with van der Waals surface area (Å²) in [7, 11) is 0. The van der Waals surface area contributed by atoms with Crippen molar-refractivity contribution in [2.75, 3.05) is 19.6 Å². The fraction of sp³-hybridized carbons (Fsp3) is 0.800. The lowest BCUT2D eigenvalue weighted by molar-refractivity contribution is 0.217. The molecule has 0 amide bonds. The zero-order valence-corrected chi connectivity index (χ0v) is 8.89. The fourth-order valence-corrected chi connectivity index (χ4v) is 2.02. The molecule has 15 heavy (non-hydrogen) atoms. The zero-order valence-electron chi connectivity index (χ0n) is 8.89. The lowest BCUT2D eigenvalue weighted by Gasteiger charge is -2.26. The van der Waals surface area contributed by atoms with Crippen LogP contribution in [0, 0.1) is 0 Å². The second-order valence-corrected chi connectivity index (χ2v) is 4.45. The third-order valence-corrected chi connectivity index (χ3v) is 3.16. The van der Waals surface area contributed by atoms with Crippen LogP contribution in [0.2, 0.25) is 0 Å². The lowest BCUT2D eigenvalue weighted by atomic mass is 10.3. The summed E-state index contributed by atoms with van der Waals surface area (Å²) in [6.07, 6.45) is 4.57. The molecule has 1 aromatic heterocycles. The van der Waals surface area contributed by atoms with E-state index < -0.39 is 0 Å². The number of hydrogen-bond acceptors (Lipinski definition) is 4. The molecule has 1 saturated carbocycles. The highest BCUT2D eigenvalue weighted by Gasteiger charge is 2.21. The summed E-state index contributed by atoms with van der Waals surface area (Å²) < 4.78 is 2.14. The normalized spacial score (nSPS) is 21.6. The van der Waals surface area contributed by atoms with Gasteiger partial charge in [-0.25, -0.2) is 0 Å². The predicted octanol–water partition coefficient (Wildman–Crippen LogP) is -0.154. The van der Waals surface area contributed by atoms with E-state index in [1.165, 1.54) is 12.8 Å². The van der Waals surface area contributed by atoms with Gasteiger partial charge in [0.2, 0.25) is 0 Å². The quantitative estimate of drug-likeness (QED) is 0.745. The molecule has 2 aliphatic rings. The van der Waals surface area contributed by atoms with E-state index in [4.69, 9.17) is 0 Å². The fourth-order valence-electron chi connectivity index (χ4n) is 2.02. The Hall–Kier alpha value is -0.940. The minimum Gasteiger partial charge on any atom is -0.315 e. The summed E-state index contributed by atoms with van der Waals surface area (Å²) in [5, 5.41) is 11.6. The first-order chi connectivity index (χ1) is 7.42. The van der Waals surface area contributed by atoms with Gasteiger partial charge in [-0.05, 0) is 12.8 Å². The molecule has 1 aliphatic carbocycles. The molecule has 0 atom stereocenters. The molecular formula is C10H17N5. The molecule has 5 nitrogen and oxygen atoms in total. The maximum atomic E-state index is 4.11. The zero-order chi connectivity index (χ0) is 10.1. The number of aromatic nitrogens is 3. The van der Waals surface area contributed by atoms with Crippen LogP contribution in [0.4, 0.5) is 0 Å². The smallest absolute Gasteiger partial charge is 0.147 e. The summed E-state index contributed by atoms with van der Waals surface area (Å²) in [6, 6.07) is 0.818. The topological polar surface area (TPSA) is 46.0 Å². The van der Waals surface area contributed by atoms with Crippen molar-refractivity contribution >= 4 is 0 Å². The van der Waals surface area contributed by atoms with Crippen molar-refractivity contribution in [2.45, 2.75) is 32.0 Å². The standard InChI is InChI=1S/C10H17N5/c1-2-9(1)11-3-4-14-5-6-15-8-12-13-10(15)7-14/h8-9,11H,1-7H2. The molecule has 0 bridgehead atoms. The van der Waals surface area contributed by atoms with Gasteiger partial charge in [-0.1, -0.05) is 0 Å². The highest BCUT2D eigenvalue weighted by atomic mass is 15.3. The molecule has 3 rings (SSSR count). The number of fused-ring (bicyclic) bond motifs is 1. The SMILES string of the molecule is c1nnc2n1CCN(CCNC1CC1)C2. The van der Waals surface area contributed by atoms with Crippen molar-refractivity contribution in [1.29, 1.82) is 0 Å². The lowest BCUT2D eigenvalue weighted by Crippen LogP contribution is -2.38. The van der Waals surface area contributed by atoms with Gasteiger partial charge in [0.1, 0.15) is 12.2 Å². The third-order valence-electron chi connectivity index (χ3n) is 3.16. The average molecular weight is 207 g/mol. The van der Waals surface area contributed by atoms with Crippen LogP contribution in [0.15, 0.2) is 6.33 Å². The van der Waals surface area contributed by atoms with Crippen LogP contribution in [0.25, 0.3) is 0 Å². The van der Waals surface area contributed by atoms with Crippen molar-refractivity contribution in [2.24, 2.45) is 0 Å². The van der Waals surface area contributed by atoms with E-state index in [0.29, 0.717) is 0 Å². The van der Waals surface area contributed by atoms with Crippen LogP contribution in [0.3, 0.4) is 0 Å². The Morgan fingerprint density at radius 1 is 1.40 bits per heavy atom. The van der Waals surface area contributed by atoms with Crippen molar-refractivity contribution < 1.29 is 0 Å². The Bertz CT molecular complexity index is 330. The van der Waals surface area contributed by atoms with E-state index in [-0.39, 0.29) is 0 Å². The number of hydrogen-bond donors (Lipinski definition) is 1. The van der Waals surface area contributed by atoms with E-state index in [1.54, 1.807) is 0 Å². The first-order valence-electron chi connectivity index (χ1n) is 5.74. The van der Waals surface area contributed by atoms with Gasteiger partial charge in [-0.3, -0.25) is 4.90 Å². The summed E-state index contributed by atoms with van der Waals surface area (Å²) in [5.41, 5.74) is 0. The van der Waals surface area contributed by atoms with E-state index in [2.05, 4.69) is 25.0 Å². The van der Waals surface area contributed by atoms with Gasteiger partial charge < -0.3 is 9.88 Å². The summed E-state index contributed by atoms with van der Waals surface area (Å²) >= 11 is 0. The molecule has 5 heteroatoms. The van der Waals surface area contributed by atoms with Crippen molar-refractivity contribution in [1.82, 2.24) is 25.0 Å². The average Bonchev–Trinajstić information content (AvgIpc) is 2.95. The highest BCUT2D eigenvalue weighted by molar-refractivity contribution is 4.90. The third kappa shape index (κ3) is 2.18. The van der Waals surface area contributed by atoms with Crippen LogP contribution >= 0.6 is 0 Å². The van der Waals surface area contributed by atoms with Gasteiger partial charge in [0, 0.05) is 32.2 Å². The van der Waals surface area contributed by atoms with Crippen LogP contribution in [-0.2, 0) is 13.1 Å². The molecule has 0 radical (unpaired) electrons. The number of nitrogens with one attached hydrogen (secondary N) is 1. The Morgan fingerprint density at radius 2 is 2.33 bits per heavy atom. The summed E-state index contributed by atoms with van der Waals surface area (Å²) in [5.74, 6) is 1.10. The molecule has 1 N–H and O–H groups in total. The van der Waals surface area contributed by atoms with E-state index in [1.807, 2.05) is 6.33 Å². The summed E-state index contributed by atoms with van der Waals surface area (Å²) in [6.45, 7) is 5.34. The minimum absolute atomic E-state index is 0.818. The molecule has 0 spiro atoms. The molecule has 1 aromatic rings. The van der Waals surface area contributed by atoms with Crippen molar-refractivity contribution in [3.63, 3.8) is 0 Å². The molecule has 1 fully saturated rings. The Morgan fingerprint density at radius 3 is 3.20 bits per heavy atom. The molecule has 82 valence electrons. The first kappa shape index (κ1) is 9.30. The van der Waals surface area contributed by atoms with Crippen LogP contribution in [-0.4, -0.2) is 45.3 Å². The van der Waals surface area contributed by atoms with Crippen LogP contribution in [0.1, 0.15) is 18.7 Å². The minimum atomic E-state index is 0.818. The van der Waals surface area contributed by atoms with Gasteiger partial charge >= 0.3 is 0 Å². The van der Waals surface area contributed by atoms with E-state index >= 15 is 0 Å². The van der Waals surface area contributed by atoms with Gasteiger partial charge in [0.15, 0.2) is 0 Å². The van der Waals surface area contributed by atoms with Gasteiger partial charge in [0.25, 0.3) is 0 Å². The molecule has 0 unspecified atom stereocenters. The monoisotopic (exact) mass is 207 g/mol. The largest absolute Gasteiger partial charge is 0.315 e. The number of nitrogens with zero attached hydrogens (tertiary/aromatic N) is 4. The Labute approximate surface area is 89.5 Å². The van der Waals surface area contributed by atoms with Gasteiger partial charge in [0.05, 0.1) is 6.54 Å². The molecule has 2 heterocycles. The van der Waals surface area contributed by atoms with Crippen LogP contribution < -0.4 is 5.32 Å². The molecule has 0 aromatic carbocycles. The molecular weight excluding hydrogens is 190 g/mol. The van der Waals surface area contributed by atoms with Crippen molar-refractivity contribution in [3.8, 4) is 0 Å². The van der Waals surface area contributed by atoms with Gasteiger partial charge in [-0.15, -0.1) is 10.2 Å².